The monoisotopic (exact) mass is 805 g/mol. The summed E-state index contributed by atoms with van der Waals surface area (Å²) in [6, 6.07) is 0. The van der Waals surface area contributed by atoms with Gasteiger partial charge in [0.05, 0.1) is 42.5 Å². The number of carbonyl (C=O) groups is 3. The molecule has 0 aromatic heterocycles. The van der Waals surface area contributed by atoms with Crippen molar-refractivity contribution in [2.75, 3.05) is 0 Å². The van der Waals surface area contributed by atoms with Crippen molar-refractivity contribution in [3.63, 3.8) is 0 Å². The molecule has 1 spiro atoms. The van der Waals surface area contributed by atoms with E-state index in [1.165, 1.54) is 32.9 Å². The van der Waals surface area contributed by atoms with E-state index in [2.05, 4.69) is 26.8 Å². The Morgan fingerprint density at radius 2 is 1.47 bits per heavy atom. The number of carbonyl (C=O) groups excluding carboxylic acids is 3. The molecule has 5 N–H and O–H groups in total. The predicted octanol–water partition coefficient (Wildman–Crippen LogP) is 6.27. The minimum absolute atomic E-state index is 0.163. The Labute approximate surface area is 342 Å². The second-order valence-corrected chi connectivity index (χ2v) is 18.2. The second-order valence-electron chi connectivity index (χ2n) is 18.2. The van der Waals surface area contributed by atoms with E-state index in [1.54, 1.807) is 27.7 Å². The third-order valence-electron chi connectivity index (χ3n) is 13.6. The Kier molecular flexibility index (Phi) is 18.4. The molecular weight excluding hydrogens is 728 g/mol. The molecule has 0 aromatic carbocycles. The summed E-state index contributed by atoms with van der Waals surface area (Å²) in [5.74, 6) is -7.21. The Bertz CT molecular complexity index is 1400. The quantitative estimate of drug-likeness (QED) is 0.202. The van der Waals surface area contributed by atoms with Gasteiger partial charge in [0.15, 0.2) is 11.6 Å². The van der Waals surface area contributed by atoms with Gasteiger partial charge in [0.1, 0.15) is 17.5 Å². The number of ketones is 2. The van der Waals surface area contributed by atoms with Crippen molar-refractivity contribution in [1.82, 2.24) is 0 Å². The van der Waals surface area contributed by atoms with Crippen LogP contribution in [0.15, 0.2) is 36.5 Å². The lowest BCUT2D eigenvalue weighted by molar-refractivity contribution is -0.374. The number of allylic oxidation sites excluding steroid dienone is 4. The van der Waals surface area contributed by atoms with Gasteiger partial charge in [-0.05, 0) is 76.5 Å². The van der Waals surface area contributed by atoms with Gasteiger partial charge in [0, 0.05) is 42.1 Å². The van der Waals surface area contributed by atoms with Crippen molar-refractivity contribution in [2.45, 2.75) is 182 Å². The molecule has 3 aliphatic heterocycles. The highest BCUT2D eigenvalue weighted by molar-refractivity contribution is 5.91. The first-order valence-corrected chi connectivity index (χ1v) is 21.7. The highest BCUT2D eigenvalue weighted by Crippen LogP contribution is 2.50. The third-order valence-corrected chi connectivity index (χ3v) is 13.6. The molecule has 0 saturated carbocycles. The summed E-state index contributed by atoms with van der Waals surface area (Å²) < 4.78 is 20.3. The Balaban J connectivity index is 2.02. The average Bonchev–Trinajstić information content (AvgIpc) is 3.17. The van der Waals surface area contributed by atoms with Crippen molar-refractivity contribution < 1.29 is 54.1 Å². The van der Waals surface area contributed by atoms with Crippen LogP contribution in [0.25, 0.3) is 0 Å². The normalized spacial score (nSPS) is 46.2. The molecule has 18 atom stereocenters. The minimum Gasteiger partial charge on any atom is -0.458 e. The first-order chi connectivity index (χ1) is 26.6. The summed E-state index contributed by atoms with van der Waals surface area (Å²) in [5, 5.41) is 55.2. The van der Waals surface area contributed by atoms with Crippen LogP contribution in [0.3, 0.4) is 0 Å². The summed E-state index contributed by atoms with van der Waals surface area (Å²) >= 11 is 0. The number of hydrogen-bond donors (Lipinski definition) is 5. The Morgan fingerprint density at radius 3 is 2.09 bits per heavy atom. The van der Waals surface area contributed by atoms with Gasteiger partial charge in [0.2, 0.25) is 0 Å². The zero-order valence-electron chi connectivity index (χ0n) is 36.5. The van der Waals surface area contributed by atoms with Gasteiger partial charge < -0.3 is 39.7 Å². The number of Topliss-reactive ketones (excluding diaryl/α,β-unsaturated/α-hetero) is 2. The molecule has 326 valence electrons. The van der Waals surface area contributed by atoms with Crippen molar-refractivity contribution in [3.8, 4) is 0 Å². The number of aliphatic hydroxyl groups excluding tert-OH is 4. The van der Waals surface area contributed by atoms with Gasteiger partial charge in [-0.1, -0.05) is 92.7 Å². The second kappa shape index (κ2) is 21.3. The highest BCUT2D eigenvalue weighted by atomic mass is 16.7. The van der Waals surface area contributed by atoms with E-state index >= 15 is 0 Å². The zero-order valence-corrected chi connectivity index (χ0v) is 36.5. The molecule has 11 nitrogen and oxygen atoms in total. The number of hydrogen-bond acceptors (Lipinski definition) is 11. The molecule has 2 saturated heterocycles. The number of rotatable bonds is 4. The molecule has 0 amide bonds. The minimum atomic E-state index is -2.18. The lowest BCUT2D eigenvalue weighted by Crippen LogP contribution is -2.63. The van der Waals surface area contributed by atoms with E-state index in [9.17, 15) is 39.9 Å². The van der Waals surface area contributed by atoms with Gasteiger partial charge in [-0.25, -0.2) is 4.79 Å². The van der Waals surface area contributed by atoms with E-state index in [-0.39, 0.29) is 35.9 Å². The van der Waals surface area contributed by atoms with E-state index in [1.807, 2.05) is 25.2 Å². The van der Waals surface area contributed by atoms with E-state index in [0.717, 1.165) is 19.3 Å². The number of aliphatic hydroxyl groups is 5. The average molecular weight is 805 g/mol. The van der Waals surface area contributed by atoms with E-state index < -0.39 is 89.0 Å². The van der Waals surface area contributed by atoms with Crippen LogP contribution in [0, 0.1) is 53.3 Å². The van der Waals surface area contributed by atoms with Crippen LogP contribution in [-0.4, -0.2) is 97.2 Å². The van der Waals surface area contributed by atoms with Gasteiger partial charge >= 0.3 is 5.97 Å². The molecule has 0 radical (unpaired) electrons. The standard InChI is InChI=1S/C46H76O11/c1-12-34-18-16-14-15-17-28(5)43(52)45(11,54)44(53)33(10)41(51)32(9)40(50)31(8)39(49)27(4)19-22-38(48)55-42-30(7)36(21-20-34)56-46(35(42)13-2)24-23-26(3)37(57-46)25-29(6)47/h14-16,18-19,22,26-37,39,41-43,47,49,51-52,54H,12-13,17,20-21,23-25H2,1-11H3/b15-14+,18-16+,22-19+/t26-,27-,28+,29+,30+,31-,32-,33-,34-,35-,36-,37-,39+,41?,42+,43?,45+,46-/m1/s1. The van der Waals surface area contributed by atoms with E-state index in [0.29, 0.717) is 32.1 Å². The van der Waals surface area contributed by atoms with Crippen LogP contribution in [0.1, 0.15) is 128 Å². The fourth-order valence-corrected chi connectivity index (χ4v) is 9.37. The molecule has 2 unspecified atom stereocenters. The fourth-order valence-electron chi connectivity index (χ4n) is 9.37. The number of ether oxygens (including phenoxy) is 3. The Morgan fingerprint density at radius 1 is 0.825 bits per heavy atom. The van der Waals surface area contributed by atoms with Gasteiger partial charge in [-0.2, -0.15) is 0 Å². The van der Waals surface area contributed by atoms with Crippen LogP contribution in [0.5, 0.6) is 0 Å². The molecule has 0 aliphatic carbocycles. The molecule has 0 aromatic rings. The fraction of sp³-hybridized carbons (Fsp3) is 0.804. The van der Waals surface area contributed by atoms with Crippen molar-refractivity contribution in [2.24, 2.45) is 53.3 Å². The van der Waals surface area contributed by atoms with Gasteiger partial charge in [-0.3, -0.25) is 9.59 Å². The first kappa shape index (κ1) is 49.1. The van der Waals surface area contributed by atoms with Crippen LogP contribution < -0.4 is 0 Å². The SMILES string of the molecule is CC[C@@H]1/C=C/C=C/C[C@H](C)C(O)[C@](C)(O)C(=O)[C@H](C)C(O)[C@H](C)C(=O)[C@H](C)[C@@H](O)[C@H](C)/C=C/C(=O)O[C@H]2[C@@H](C)[C@@H](CC1)O[C@@]1(CC[C@@H](C)[C@@H](C[C@H](C)O)O1)[C@@H]2CC. The smallest absolute Gasteiger partial charge is 0.330 e. The topological polar surface area (TPSA) is 180 Å². The summed E-state index contributed by atoms with van der Waals surface area (Å²) in [6.45, 7) is 19.2. The van der Waals surface area contributed by atoms with Gasteiger partial charge in [0.25, 0.3) is 0 Å². The van der Waals surface area contributed by atoms with Crippen LogP contribution in [0.4, 0.5) is 0 Å². The zero-order chi connectivity index (χ0) is 43.0. The molecule has 2 fully saturated rings. The molecule has 2 bridgehead atoms. The Hall–Kier alpha value is -2.25. The maximum atomic E-state index is 13.6. The van der Waals surface area contributed by atoms with Crippen molar-refractivity contribution in [3.05, 3.63) is 36.5 Å². The summed E-state index contributed by atoms with van der Waals surface area (Å²) in [6.07, 6.45) is 10.3. The molecule has 3 aliphatic rings. The van der Waals surface area contributed by atoms with Crippen molar-refractivity contribution >= 4 is 17.5 Å². The largest absolute Gasteiger partial charge is 0.458 e. The number of esters is 1. The van der Waals surface area contributed by atoms with Crippen LogP contribution in [-0.2, 0) is 28.6 Å². The lowest BCUT2D eigenvalue weighted by Gasteiger charge is -2.56. The first-order valence-electron chi connectivity index (χ1n) is 21.7. The van der Waals surface area contributed by atoms with Crippen LogP contribution >= 0.6 is 0 Å². The van der Waals surface area contributed by atoms with Crippen molar-refractivity contribution in [1.29, 1.82) is 0 Å². The van der Waals surface area contributed by atoms with E-state index in [4.69, 9.17) is 14.2 Å². The highest BCUT2D eigenvalue weighted by Gasteiger charge is 2.57. The predicted molar refractivity (Wildman–Crippen MR) is 220 cm³/mol. The summed E-state index contributed by atoms with van der Waals surface area (Å²) in [5.41, 5.74) is -2.18. The lowest BCUT2D eigenvalue weighted by atomic mass is 9.73. The molecule has 11 heteroatoms. The number of fused-ring (bicyclic) bond motifs is 2. The maximum Gasteiger partial charge on any atom is 0.330 e. The molecule has 3 heterocycles. The maximum absolute atomic E-state index is 13.6. The summed E-state index contributed by atoms with van der Waals surface area (Å²) in [4.78, 5) is 40.7. The molecule has 57 heavy (non-hydrogen) atoms. The third kappa shape index (κ3) is 12.0. The molecule has 3 rings (SSSR count). The van der Waals surface area contributed by atoms with Crippen LogP contribution in [0.2, 0.25) is 0 Å². The molecular formula is C46H76O11. The summed E-state index contributed by atoms with van der Waals surface area (Å²) in [7, 11) is 0. The van der Waals surface area contributed by atoms with Gasteiger partial charge in [-0.15, -0.1) is 0 Å².